The first-order valence-corrected chi connectivity index (χ1v) is 13.3. The van der Waals surface area contributed by atoms with Crippen LogP contribution in [0.4, 0.5) is 5.95 Å². The molecule has 0 unspecified atom stereocenters. The Bertz CT molecular complexity index is 1270. The number of rotatable bonds is 11. The zero-order chi connectivity index (χ0) is 26.5. The number of tetrazole rings is 1. The van der Waals surface area contributed by atoms with E-state index in [0.717, 1.165) is 35.0 Å². The number of aromatic nitrogens is 6. The van der Waals surface area contributed by atoms with Crippen molar-refractivity contribution in [1.82, 2.24) is 34.5 Å². The number of aliphatic hydroxyl groups excluding tert-OH is 1. The van der Waals surface area contributed by atoms with Crippen LogP contribution in [0.15, 0.2) is 29.2 Å². The molecule has 0 radical (unpaired) electrons. The SMILES string of the molecule is CCCCc1nc(Cl)c(CO)n1Cc1ccc(S(=O)(=O)N(CC(=O)Nc2nnn[nH]2)C(C)(C)C)cc1. The monoisotopic (exact) mass is 538 g/mol. The Morgan fingerprint density at radius 3 is 2.50 bits per heavy atom. The van der Waals surface area contributed by atoms with Crippen molar-refractivity contribution in [2.75, 3.05) is 11.9 Å². The summed E-state index contributed by atoms with van der Waals surface area (Å²) in [6.45, 7) is 6.90. The highest BCUT2D eigenvalue weighted by Crippen LogP contribution is 2.26. The first-order chi connectivity index (χ1) is 17.0. The van der Waals surface area contributed by atoms with Crippen LogP contribution >= 0.6 is 11.6 Å². The summed E-state index contributed by atoms with van der Waals surface area (Å²) in [6, 6.07) is 6.41. The Morgan fingerprint density at radius 1 is 1.25 bits per heavy atom. The van der Waals surface area contributed by atoms with Crippen molar-refractivity contribution in [2.24, 2.45) is 0 Å². The molecule has 1 amide bonds. The molecule has 0 bridgehead atoms. The molecule has 2 aromatic heterocycles. The fourth-order valence-corrected chi connectivity index (χ4v) is 5.64. The lowest BCUT2D eigenvalue weighted by Crippen LogP contribution is -2.49. The van der Waals surface area contributed by atoms with Crippen LogP contribution in [-0.4, -0.2) is 66.0 Å². The number of nitrogens with one attached hydrogen (secondary N) is 2. The number of imidazole rings is 1. The van der Waals surface area contributed by atoms with Crippen molar-refractivity contribution in [3.05, 3.63) is 46.5 Å². The van der Waals surface area contributed by atoms with Gasteiger partial charge >= 0.3 is 0 Å². The fraction of sp³-hybridized carbons (Fsp3) is 0.500. The van der Waals surface area contributed by atoms with Gasteiger partial charge in [-0.05, 0) is 55.3 Å². The van der Waals surface area contributed by atoms with Crippen molar-refractivity contribution < 1.29 is 18.3 Å². The van der Waals surface area contributed by atoms with E-state index in [1.54, 1.807) is 32.9 Å². The molecular weight excluding hydrogens is 508 g/mol. The van der Waals surface area contributed by atoms with Gasteiger partial charge in [0.05, 0.1) is 23.7 Å². The molecule has 36 heavy (non-hydrogen) atoms. The molecule has 1 aromatic carbocycles. The molecule has 0 saturated carbocycles. The molecule has 0 atom stereocenters. The second kappa shape index (κ2) is 11.5. The summed E-state index contributed by atoms with van der Waals surface area (Å²) < 4.78 is 30.0. The number of hydrogen-bond acceptors (Lipinski definition) is 8. The molecule has 0 aliphatic rings. The Hall–Kier alpha value is -2.87. The molecule has 0 aliphatic carbocycles. The minimum Gasteiger partial charge on any atom is -0.390 e. The van der Waals surface area contributed by atoms with Gasteiger partial charge in [-0.3, -0.25) is 10.1 Å². The number of hydrogen-bond donors (Lipinski definition) is 3. The van der Waals surface area contributed by atoms with Gasteiger partial charge in [-0.1, -0.05) is 42.2 Å². The second-order valence-electron chi connectivity index (χ2n) is 9.24. The average molecular weight is 539 g/mol. The van der Waals surface area contributed by atoms with E-state index in [1.807, 2.05) is 4.57 Å². The Morgan fingerprint density at radius 2 is 1.94 bits per heavy atom. The zero-order valence-corrected chi connectivity index (χ0v) is 22.3. The number of nitrogens with zero attached hydrogens (tertiary/aromatic N) is 6. The van der Waals surface area contributed by atoms with E-state index in [2.05, 4.69) is 37.8 Å². The largest absolute Gasteiger partial charge is 0.390 e. The lowest BCUT2D eigenvalue weighted by Gasteiger charge is -2.33. The normalized spacial score (nSPS) is 12.3. The number of anilines is 1. The van der Waals surface area contributed by atoms with Crippen LogP contribution in [0.3, 0.4) is 0 Å². The number of benzene rings is 1. The lowest BCUT2D eigenvalue weighted by atomic mass is 10.1. The van der Waals surface area contributed by atoms with Gasteiger partial charge in [-0.15, -0.1) is 0 Å². The summed E-state index contributed by atoms with van der Waals surface area (Å²) in [4.78, 5) is 16.9. The van der Waals surface area contributed by atoms with Crippen LogP contribution in [0.2, 0.25) is 5.15 Å². The van der Waals surface area contributed by atoms with E-state index in [4.69, 9.17) is 11.6 Å². The molecule has 3 rings (SSSR count). The molecule has 14 heteroatoms. The number of aromatic amines is 1. The van der Waals surface area contributed by atoms with Crippen LogP contribution in [0.5, 0.6) is 0 Å². The molecule has 0 saturated heterocycles. The minimum absolute atomic E-state index is 0.0239. The molecule has 0 fully saturated rings. The predicted octanol–water partition coefficient (Wildman–Crippen LogP) is 2.36. The lowest BCUT2D eigenvalue weighted by molar-refractivity contribution is -0.117. The van der Waals surface area contributed by atoms with Crippen molar-refractivity contribution in [3.8, 4) is 0 Å². The smallest absolute Gasteiger partial charge is 0.246 e. The summed E-state index contributed by atoms with van der Waals surface area (Å²) in [7, 11) is -4.02. The van der Waals surface area contributed by atoms with Crippen LogP contribution in [-0.2, 0) is 34.4 Å². The minimum atomic E-state index is -4.02. The van der Waals surface area contributed by atoms with E-state index in [9.17, 15) is 18.3 Å². The maximum atomic E-state index is 13.5. The second-order valence-corrected chi connectivity index (χ2v) is 11.5. The van der Waals surface area contributed by atoms with Crippen LogP contribution in [0, 0.1) is 0 Å². The van der Waals surface area contributed by atoms with E-state index in [-0.39, 0.29) is 22.6 Å². The fourth-order valence-electron chi connectivity index (χ4n) is 3.64. The summed E-state index contributed by atoms with van der Waals surface area (Å²) in [5.41, 5.74) is 0.450. The average Bonchev–Trinajstić information content (AvgIpc) is 3.42. The molecule has 0 aliphatic heterocycles. The van der Waals surface area contributed by atoms with Gasteiger partial charge in [-0.2, -0.15) is 4.31 Å². The number of H-pyrrole nitrogens is 1. The van der Waals surface area contributed by atoms with Crippen molar-refractivity contribution in [1.29, 1.82) is 0 Å². The standard InChI is InChI=1S/C22H31ClN8O4S/c1-5-6-7-18-24-20(23)17(14-32)30(18)12-15-8-10-16(11-9-15)36(34,35)31(22(2,3)4)13-19(33)25-21-26-28-29-27-21/h8-11,32H,5-7,12-14H2,1-4H3,(H2,25,26,27,28,29,33). The van der Waals surface area contributed by atoms with E-state index >= 15 is 0 Å². The summed E-state index contributed by atoms with van der Waals surface area (Å²) in [5, 5.41) is 25.2. The molecule has 196 valence electrons. The van der Waals surface area contributed by atoms with Gasteiger partial charge in [0.2, 0.25) is 21.9 Å². The third-order valence-electron chi connectivity index (χ3n) is 5.50. The van der Waals surface area contributed by atoms with Crippen molar-refractivity contribution >= 4 is 33.5 Å². The van der Waals surface area contributed by atoms with Crippen LogP contribution in [0.25, 0.3) is 0 Å². The summed E-state index contributed by atoms with van der Waals surface area (Å²) in [5.74, 6) is 0.210. The topological polar surface area (TPSA) is 159 Å². The third kappa shape index (κ3) is 6.46. The van der Waals surface area contributed by atoms with Gasteiger partial charge in [0, 0.05) is 18.5 Å². The third-order valence-corrected chi connectivity index (χ3v) is 7.92. The number of halogens is 1. The number of aliphatic hydroxyl groups is 1. The van der Waals surface area contributed by atoms with Gasteiger partial charge in [0.15, 0.2) is 5.15 Å². The molecule has 3 aromatic rings. The number of unbranched alkanes of at least 4 members (excludes halogenated alkanes) is 1. The number of amides is 1. The summed E-state index contributed by atoms with van der Waals surface area (Å²) in [6.07, 6.45) is 2.64. The van der Waals surface area contributed by atoms with E-state index in [0.29, 0.717) is 12.2 Å². The highest BCUT2D eigenvalue weighted by Gasteiger charge is 2.35. The molecule has 0 spiro atoms. The molecule has 12 nitrogen and oxygen atoms in total. The highest BCUT2D eigenvalue weighted by molar-refractivity contribution is 7.89. The van der Waals surface area contributed by atoms with Gasteiger partial charge in [0.25, 0.3) is 0 Å². The van der Waals surface area contributed by atoms with Crippen LogP contribution in [0.1, 0.15) is 57.6 Å². The molecule has 2 heterocycles. The Kier molecular flexibility index (Phi) is 8.82. The van der Waals surface area contributed by atoms with E-state index in [1.165, 1.54) is 12.1 Å². The molecule has 3 N–H and O–H groups in total. The Balaban J connectivity index is 1.83. The predicted molar refractivity (Wildman–Crippen MR) is 134 cm³/mol. The number of carbonyl (C=O) groups excluding carboxylic acids is 1. The maximum absolute atomic E-state index is 13.5. The highest BCUT2D eigenvalue weighted by atomic mass is 35.5. The summed E-state index contributed by atoms with van der Waals surface area (Å²) >= 11 is 6.22. The maximum Gasteiger partial charge on any atom is 0.246 e. The Labute approximate surface area is 215 Å². The quantitative estimate of drug-likeness (QED) is 0.335. The van der Waals surface area contributed by atoms with Crippen LogP contribution < -0.4 is 5.32 Å². The van der Waals surface area contributed by atoms with E-state index < -0.39 is 28.0 Å². The molecular formula is C22H31ClN8O4S. The first kappa shape index (κ1) is 27.7. The number of sulfonamides is 1. The zero-order valence-electron chi connectivity index (χ0n) is 20.7. The van der Waals surface area contributed by atoms with Crippen molar-refractivity contribution in [3.63, 3.8) is 0 Å². The van der Waals surface area contributed by atoms with Gasteiger partial charge in [0.1, 0.15) is 5.82 Å². The first-order valence-electron chi connectivity index (χ1n) is 11.5. The van der Waals surface area contributed by atoms with Gasteiger partial charge < -0.3 is 9.67 Å². The number of aryl methyl sites for hydroxylation is 1. The number of carbonyl (C=O) groups is 1. The van der Waals surface area contributed by atoms with Crippen molar-refractivity contribution in [2.45, 2.75) is 70.5 Å². The van der Waals surface area contributed by atoms with Gasteiger partial charge in [-0.25, -0.2) is 18.5 Å².